The maximum Gasteiger partial charge on any atom is 0.122 e. The second kappa shape index (κ2) is 10.2. The van der Waals surface area contributed by atoms with E-state index in [0.717, 1.165) is 43.3 Å². The predicted molar refractivity (Wildman–Crippen MR) is 114 cm³/mol. The minimum atomic E-state index is 0.299. The lowest BCUT2D eigenvalue weighted by Crippen LogP contribution is -2.38. The number of ether oxygens (including phenoxy) is 1. The standard InChI is InChI=1S/C24H29N3O2/c1-2-14-27(15-3-1)23(24-5-4-16-28-24)18-26-17-20-6-8-22(9-7-20)29-19-21-10-12-25-13-11-21/h4-13,16,23,26H,1-3,14-15,17-19H2. The molecule has 0 bridgehead atoms. The summed E-state index contributed by atoms with van der Waals surface area (Å²) in [6.45, 7) is 4.57. The van der Waals surface area contributed by atoms with Crippen LogP contribution in [0.5, 0.6) is 5.75 Å². The van der Waals surface area contributed by atoms with Gasteiger partial charge in [-0.25, -0.2) is 0 Å². The van der Waals surface area contributed by atoms with Crippen molar-refractivity contribution in [3.63, 3.8) is 0 Å². The van der Waals surface area contributed by atoms with E-state index in [1.54, 1.807) is 18.7 Å². The van der Waals surface area contributed by atoms with Crippen LogP contribution in [0.1, 0.15) is 42.2 Å². The second-order valence-electron chi connectivity index (χ2n) is 7.55. The Morgan fingerprint density at radius 3 is 2.48 bits per heavy atom. The van der Waals surface area contributed by atoms with Crippen LogP contribution in [0, 0.1) is 0 Å². The largest absolute Gasteiger partial charge is 0.489 e. The SMILES string of the molecule is c1coc(C(CNCc2ccc(OCc3ccncc3)cc2)N2CCCCC2)c1. The van der Waals surface area contributed by atoms with Gasteiger partial charge in [-0.1, -0.05) is 18.6 Å². The topological polar surface area (TPSA) is 50.5 Å². The normalized spacial score (nSPS) is 15.9. The molecule has 29 heavy (non-hydrogen) atoms. The van der Waals surface area contributed by atoms with Gasteiger partial charge in [0.05, 0.1) is 12.3 Å². The lowest BCUT2D eigenvalue weighted by atomic mass is 10.1. The van der Waals surface area contributed by atoms with Gasteiger partial charge in [0.1, 0.15) is 18.1 Å². The van der Waals surface area contributed by atoms with Crippen molar-refractivity contribution in [2.45, 2.75) is 38.5 Å². The van der Waals surface area contributed by atoms with Crippen LogP contribution in [0.2, 0.25) is 0 Å². The number of hydrogen-bond donors (Lipinski definition) is 1. The molecule has 0 radical (unpaired) electrons. The van der Waals surface area contributed by atoms with Crippen molar-refractivity contribution in [1.82, 2.24) is 15.2 Å². The molecule has 1 fully saturated rings. The fourth-order valence-corrected chi connectivity index (χ4v) is 3.82. The molecule has 0 amide bonds. The van der Waals surface area contributed by atoms with Gasteiger partial charge in [0, 0.05) is 25.5 Å². The zero-order valence-electron chi connectivity index (χ0n) is 16.8. The molecule has 0 spiro atoms. The summed E-state index contributed by atoms with van der Waals surface area (Å²) in [5.41, 5.74) is 2.37. The number of hydrogen-bond acceptors (Lipinski definition) is 5. The molecule has 1 atom stereocenters. The quantitative estimate of drug-likeness (QED) is 0.579. The van der Waals surface area contributed by atoms with Gasteiger partial charge >= 0.3 is 0 Å². The summed E-state index contributed by atoms with van der Waals surface area (Å²) in [4.78, 5) is 6.57. The minimum Gasteiger partial charge on any atom is -0.489 e. The highest BCUT2D eigenvalue weighted by molar-refractivity contribution is 5.27. The molecule has 0 aliphatic carbocycles. The van der Waals surface area contributed by atoms with Crippen molar-refractivity contribution >= 4 is 0 Å². The third-order valence-electron chi connectivity index (χ3n) is 5.45. The van der Waals surface area contributed by atoms with Crippen LogP contribution in [0.4, 0.5) is 0 Å². The summed E-state index contributed by atoms with van der Waals surface area (Å²) in [5.74, 6) is 1.94. The summed E-state index contributed by atoms with van der Waals surface area (Å²) in [7, 11) is 0. The third-order valence-corrected chi connectivity index (χ3v) is 5.45. The van der Waals surface area contributed by atoms with Gasteiger partial charge in [-0.3, -0.25) is 9.88 Å². The molecule has 5 heteroatoms. The summed E-state index contributed by atoms with van der Waals surface area (Å²) < 4.78 is 11.6. The lowest BCUT2D eigenvalue weighted by Gasteiger charge is -2.33. The van der Waals surface area contributed by atoms with E-state index in [4.69, 9.17) is 9.15 Å². The Labute approximate surface area is 172 Å². The number of furan rings is 1. The van der Waals surface area contributed by atoms with E-state index in [-0.39, 0.29) is 0 Å². The van der Waals surface area contributed by atoms with Crippen molar-refractivity contribution in [2.24, 2.45) is 0 Å². The molecule has 1 aliphatic rings. The van der Waals surface area contributed by atoms with E-state index in [9.17, 15) is 0 Å². The summed E-state index contributed by atoms with van der Waals surface area (Å²) in [6, 6.07) is 16.6. The van der Waals surface area contributed by atoms with Crippen LogP contribution < -0.4 is 10.1 Å². The first-order valence-electron chi connectivity index (χ1n) is 10.5. The average Bonchev–Trinajstić information content (AvgIpc) is 3.32. The number of piperidine rings is 1. The Morgan fingerprint density at radius 2 is 1.76 bits per heavy atom. The molecule has 1 saturated heterocycles. The van der Waals surface area contributed by atoms with Gasteiger partial charge in [0.25, 0.3) is 0 Å². The minimum absolute atomic E-state index is 0.299. The number of benzene rings is 1. The van der Waals surface area contributed by atoms with Gasteiger partial charge in [0.15, 0.2) is 0 Å². The van der Waals surface area contributed by atoms with E-state index in [1.165, 1.54) is 24.8 Å². The first-order chi connectivity index (χ1) is 14.4. The summed E-state index contributed by atoms with van der Waals surface area (Å²) in [6.07, 6.45) is 9.23. The number of nitrogens with one attached hydrogen (secondary N) is 1. The molecular weight excluding hydrogens is 362 g/mol. The van der Waals surface area contributed by atoms with Crippen LogP contribution in [-0.4, -0.2) is 29.5 Å². The monoisotopic (exact) mass is 391 g/mol. The van der Waals surface area contributed by atoms with E-state index in [1.807, 2.05) is 30.3 Å². The summed E-state index contributed by atoms with van der Waals surface area (Å²) in [5, 5.41) is 3.62. The first-order valence-corrected chi connectivity index (χ1v) is 10.5. The molecule has 5 nitrogen and oxygen atoms in total. The Morgan fingerprint density at radius 1 is 0.966 bits per heavy atom. The maximum absolute atomic E-state index is 5.85. The van der Waals surface area contributed by atoms with Crippen molar-refractivity contribution in [2.75, 3.05) is 19.6 Å². The highest BCUT2D eigenvalue weighted by Gasteiger charge is 2.23. The highest BCUT2D eigenvalue weighted by Crippen LogP contribution is 2.24. The van der Waals surface area contributed by atoms with Crippen LogP contribution >= 0.6 is 0 Å². The zero-order valence-corrected chi connectivity index (χ0v) is 16.8. The van der Waals surface area contributed by atoms with Crippen LogP contribution in [0.3, 0.4) is 0 Å². The van der Waals surface area contributed by atoms with E-state index >= 15 is 0 Å². The number of aromatic nitrogens is 1. The van der Waals surface area contributed by atoms with E-state index < -0.39 is 0 Å². The summed E-state index contributed by atoms with van der Waals surface area (Å²) >= 11 is 0. The lowest BCUT2D eigenvalue weighted by molar-refractivity contribution is 0.142. The molecule has 1 unspecified atom stereocenters. The third kappa shape index (κ3) is 5.68. The smallest absolute Gasteiger partial charge is 0.122 e. The number of nitrogens with zero attached hydrogens (tertiary/aromatic N) is 2. The molecule has 1 aliphatic heterocycles. The fraction of sp³-hybridized carbons (Fsp3) is 0.375. The van der Waals surface area contributed by atoms with Crippen molar-refractivity contribution in [3.8, 4) is 5.75 Å². The van der Waals surface area contributed by atoms with Gasteiger partial charge < -0.3 is 14.5 Å². The molecule has 1 aromatic carbocycles. The molecule has 152 valence electrons. The van der Waals surface area contributed by atoms with E-state index in [2.05, 4.69) is 33.4 Å². The molecule has 0 saturated carbocycles. The van der Waals surface area contributed by atoms with Crippen molar-refractivity contribution < 1.29 is 9.15 Å². The molecule has 3 aromatic rings. The Balaban J connectivity index is 1.27. The van der Waals surface area contributed by atoms with Gasteiger partial charge in [0.2, 0.25) is 0 Å². The molecular formula is C24H29N3O2. The average molecular weight is 392 g/mol. The fourth-order valence-electron chi connectivity index (χ4n) is 3.82. The van der Waals surface area contributed by atoms with Crippen LogP contribution in [0.25, 0.3) is 0 Å². The Hall–Kier alpha value is -2.63. The van der Waals surface area contributed by atoms with E-state index in [0.29, 0.717) is 12.6 Å². The van der Waals surface area contributed by atoms with Gasteiger partial charge in [-0.2, -0.15) is 0 Å². The maximum atomic E-state index is 5.85. The number of likely N-dealkylation sites (tertiary alicyclic amines) is 1. The zero-order chi connectivity index (χ0) is 19.7. The van der Waals surface area contributed by atoms with Crippen LogP contribution in [0.15, 0.2) is 71.6 Å². The molecule has 2 aromatic heterocycles. The first kappa shape index (κ1) is 19.7. The predicted octanol–water partition coefficient (Wildman–Crippen LogP) is 4.57. The molecule has 4 rings (SSSR count). The van der Waals surface area contributed by atoms with Gasteiger partial charge in [-0.05, 0) is 73.5 Å². The Kier molecular flexibility index (Phi) is 6.94. The number of rotatable bonds is 9. The van der Waals surface area contributed by atoms with Crippen molar-refractivity contribution in [1.29, 1.82) is 0 Å². The molecule has 1 N–H and O–H groups in total. The highest BCUT2D eigenvalue weighted by atomic mass is 16.5. The molecule has 3 heterocycles. The second-order valence-corrected chi connectivity index (χ2v) is 7.55. The van der Waals surface area contributed by atoms with Crippen LogP contribution in [-0.2, 0) is 13.2 Å². The van der Waals surface area contributed by atoms with Crippen molar-refractivity contribution in [3.05, 3.63) is 84.1 Å². The number of pyridine rings is 1. The van der Waals surface area contributed by atoms with Gasteiger partial charge in [-0.15, -0.1) is 0 Å². The Bertz CT molecular complexity index is 828.